The Balaban J connectivity index is 2.47. The van der Waals surface area contributed by atoms with Gasteiger partial charge in [-0.2, -0.15) is 12.6 Å². The van der Waals surface area contributed by atoms with Crippen molar-refractivity contribution in [2.75, 3.05) is 5.73 Å². The fraction of sp³-hybridized carbons (Fsp3) is 0.0769. The fourth-order valence-electron chi connectivity index (χ4n) is 1.65. The normalized spacial score (nSPS) is 12.4. The molecule has 0 amide bonds. The van der Waals surface area contributed by atoms with Gasteiger partial charge < -0.3 is 5.73 Å². The topological polar surface area (TPSA) is 26.0 Å². The zero-order valence-electron chi connectivity index (χ0n) is 8.90. The Kier molecular flexibility index (Phi) is 3.87. The highest BCUT2D eigenvalue weighted by Crippen LogP contribution is 2.36. The molecule has 2 rings (SSSR count). The SMILES string of the molecule is Nc1ccc(Cl)cc1C(S)c1ccccc1Cl. The summed E-state index contributed by atoms with van der Waals surface area (Å²) in [4.78, 5) is 0. The van der Waals surface area contributed by atoms with Crippen LogP contribution >= 0.6 is 35.8 Å². The van der Waals surface area contributed by atoms with Crippen molar-refractivity contribution < 1.29 is 0 Å². The molecule has 1 nitrogen and oxygen atoms in total. The predicted molar refractivity (Wildman–Crippen MR) is 78.1 cm³/mol. The third-order valence-electron chi connectivity index (χ3n) is 2.54. The summed E-state index contributed by atoms with van der Waals surface area (Å²) < 4.78 is 0. The van der Waals surface area contributed by atoms with Gasteiger partial charge in [-0.25, -0.2) is 0 Å². The van der Waals surface area contributed by atoms with Crippen LogP contribution in [0.25, 0.3) is 0 Å². The standard InChI is InChI=1S/C13H11Cl2NS/c14-8-5-6-12(16)10(7-8)13(17)9-3-1-2-4-11(9)15/h1-7,13,17H,16H2. The maximum atomic E-state index is 6.14. The molecule has 4 heteroatoms. The minimum absolute atomic E-state index is 0.178. The number of benzene rings is 2. The molecular formula is C13H11Cl2NS. The molecule has 0 aliphatic rings. The first kappa shape index (κ1) is 12.6. The quantitative estimate of drug-likeness (QED) is 0.612. The molecule has 17 heavy (non-hydrogen) atoms. The van der Waals surface area contributed by atoms with Crippen LogP contribution in [0, 0.1) is 0 Å². The lowest BCUT2D eigenvalue weighted by atomic mass is 10.0. The van der Waals surface area contributed by atoms with Gasteiger partial charge in [0.25, 0.3) is 0 Å². The monoisotopic (exact) mass is 283 g/mol. The first-order chi connectivity index (χ1) is 8.09. The summed E-state index contributed by atoms with van der Waals surface area (Å²) in [6, 6.07) is 12.9. The number of halogens is 2. The van der Waals surface area contributed by atoms with Gasteiger partial charge in [0.2, 0.25) is 0 Å². The highest BCUT2D eigenvalue weighted by atomic mass is 35.5. The van der Waals surface area contributed by atoms with Gasteiger partial charge in [-0.05, 0) is 35.4 Å². The van der Waals surface area contributed by atoms with Crippen molar-refractivity contribution >= 4 is 41.5 Å². The van der Waals surface area contributed by atoms with E-state index in [0.29, 0.717) is 15.7 Å². The number of nitrogens with two attached hydrogens (primary N) is 1. The number of thiol groups is 1. The van der Waals surface area contributed by atoms with E-state index in [4.69, 9.17) is 28.9 Å². The van der Waals surface area contributed by atoms with E-state index in [9.17, 15) is 0 Å². The van der Waals surface area contributed by atoms with Crippen LogP contribution in [0.2, 0.25) is 10.0 Å². The van der Waals surface area contributed by atoms with Crippen molar-refractivity contribution in [3.05, 3.63) is 63.6 Å². The Morgan fingerprint density at radius 2 is 1.71 bits per heavy atom. The van der Waals surface area contributed by atoms with Crippen LogP contribution in [0.15, 0.2) is 42.5 Å². The van der Waals surface area contributed by atoms with E-state index in [1.807, 2.05) is 30.3 Å². The maximum absolute atomic E-state index is 6.14. The number of hydrogen-bond donors (Lipinski definition) is 2. The van der Waals surface area contributed by atoms with Crippen molar-refractivity contribution in [1.82, 2.24) is 0 Å². The van der Waals surface area contributed by atoms with Gasteiger partial charge in [-0.15, -0.1) is 0 Å². The molecule has 0 heterocycles. The van der Waals surface area contributed by atoms with Crippen molar-refractivity contribution in [2.24, 2.45) is 0 Å². The lowest BCUT2D eigenvalue weighted by Crippen LogP contribution is -1.99. The average Bonchev–Trinajstić information content (AvgIpc) is 2.32. The molecule has 0 radical (unpaired) electrons. The summed E-state index contributed by atoms with van der Waals surface area (Å²) in [6.45, 7) is 0. The largest absolute Gasteiger partial charge is 0.398 e. The Labute approximate surface area is 116 Å². The molecular weight excluding hydrogens is 273 g/mol. The zero-order valence-corrected chi connectivity index (χ0v) is 11.3. The highest BCUT2D eigenvalue weighted by molar-refractivity contribution is 7.80. The van der Waals surface area contributed by atoms with Crippen LogP contribution in [-0.4, -0.2) is 0 Å². The van der Waals surface area contributed by atoms with Crippen LogP contribution in [0.5, 0.6) is 0 Å². The minimum atomic E-state index is -0.178. The molecule has 0 aliphatic carbocycles. The molecule has 2 aromatic rings. The molecule has 0 spiro atoms. The minimum Gasteiger partial charge on any atom is -0.398 e. The van der Waals surface area contributed by atoms with Gasteiger partial charge in [0.15, 0.2) is 0 Å². The van der Waals surface area contributed by atoms with Crippen molar-refractivity contribution in [1.29, 1.82) is 0 Å². The molecule has 0 fully saturated rings. The van der Waals surface area contributed by atoms with Gasteiger partial charge in [0.05, 0.1) is 5.25 Å². The Hall–Kier alpha value is -0.830. The molecule has 2 aromatic carbocycles. The number of hydrogen-bond acceptors (Lipinski definition) is 2. The summed E-state index contributed by atoms with van der Waals surface area (Å²) in [5.74, 6) is 0. The number of nitrogen functional groups attached to an aromatic ring is 1. The summed E-state index contributed by atoms with van der Waals surface area (Å²) in [5.41, 5.74) is 8.38. The van der Waals surface area contributed by atoms with E-state index in [1.165, 1.54) is 0 Å². The van der Waals surface area contributed by atoms with E-state index in [2.05, 4.69) is 12.6 Å². The van der Waals surface area contributed by atoms with Crippen LogP contribution in [0.1, 0.15) is 16.4 Å². The van der Waals surface area contributed by atoms with Gasteiger partial charge in [-0.3, -0.25) is 0 Å². The lowest BCUT2D eigenvalue weighted by molar-refractivity contribution is 1.17. The molecule has 1 unspecified atom stereocenters. The first-order valence-corrected chi connectivity index (χ1v) is 6.34. The van der Waals surface area contributed by atoms with Crippen LogP contribution in [-0.2, 0) is 0 Å². The van der Waals surface area contributed by atoms with Gasteiger partial charge in [-0.1, -0.05) is 41.4 Å². The van der Waals surface area contributed by atoms with Crippen LogP contribution < -0.4 is 5.73 Å². The second-order valence-corrected chi connectivity index (χ2v) is 5.06. The molecule has 0 saturated heterocycles. The van der Waals surface area contributed by atoms with Crippen LogP contribution in [0.3, 0.4) is 0 Å². The van der Waals surface area contributed by atoms with Crippen molar-refractivity contribution in [3.8, 4) is 0 Å². The van der Waals surface area contributed by atoms with Gasteiger partial charge in [0, 0.05) is 15.7 Å². The summed E-state index contributed by atoms with van der Waals surface area (Å²) in [7, 11) is 0. The maximum Gasteiger partial charge on any atom is 0.0552 e. The molecule has 0 bridgehead atoms. The van der Waals surface area contributed by atoms with Crippen molar-refractivity contribution in [2.45, 2.75) is 5.25 Å². The molecule has 1 atom stereocenters. The van der Waals surface area contributed by atoms with Crippen LogP contribution in [0.4, 0.5) is 5.69 Å². The van der Waals surface area contributed by atoms with E-state index >= 15 is 0 Å². The Morgan fingerprint density at radius 3 is 2.41 bits per heavy atom. The number of anilines is 1. The Morgan fingerprint density at radius 1 is 1.00 bits per heavy atom. The summed E-state index contributed by atoms with van der Waals surface area (Å²) in [6.07, 6.45) is 0. The van der Waals surface area contributed by atoms with Crippen molar-refractivity contribution in [3.63, 3.8) is 0 Å². The molecule has 2 N–H and O–H groups in total. The van der Waals surface area contributed by atoms with E-state index in [1.54, 1.807) is 12.1 Å². The lowest BCUT2D eigenvalue weighted by Gasteiger charge is -2.15. The molecule has 0 aromatic heterocycles. The average molecular weight is 284 g/mol. The fourth-order valence-corrected chi connectivity index (χ4v) is 2.60. The van der Waals surface area contributed by atoms with E-state index in [-0.39, 0.29) is 5.25 Å². The molecule has 0 aliphatic heterocycles. The van der Waals surface area contributed by atoms with E-state index < -0.39 is 0 Å². The third kappa shape index (κ3) is 2.71. The third-order valence-corrected chi connectivity index (χ3v) is 3.68. The predicted octanol–water partition coefficient (Wildman–Crippen LogP) is 4.59. The highest BCUT2D eigenvalue weighted by Gasteiger charge is 2.15. The van der Waals surface area contributed by atoms with E-state index in [0.717, 1.165) is 11.1 Å². The summed E-state index contributed by atoms with van der Waals surface area (Å²) >= 11 is 16.7. The first-order valence-electron chi connectivity index (χ1n) is 5.07. The van der Waals surface area contributed by atoms with Gasteiger partial charge in [0.1, 0.15) is 0 Å². The summed E-state index contributed by atoms with van der Waals surface area (Å²) in [5, 5.41) is 1.13. The second kappa shape index (κ2) is 5.21. The molecule has 0 saturated carbocycles. The smallest absolute Gasteiger partial charge is 0.0552 e. The Bertz CT molecular complexity index is 543. The van der Waals surface area contributed by atoms with Gasteiger partial charge >= 0.3 is 0 Å². The number of rotatable bonds is 2. The molecule has 88 valence electrons. The second-order valence-electron chi connectivity index (χ2n) is 3.70. The zero-order chi connectivity index (χ0) is 12.4.